The molecule has 5 heteroatoms. The number of hydrogen-bond donors (Lipinski definition) is 1. The van der Waals surface area contributed by atoms with Gasteiger partial charge < -0.3 is 15.4 Å². The minimum Gasteiger partial charge on any atom is -0.495 e. The highest BCUT2D eigenvalue weighted by atomic mass is 19.3. The van der Waals surface area contributed by atoms with Crippen LogP contribution in [0.1, 0.15) is 30.7 Å². The second-order valence-electron chi connectivity index (χ2n) is 5.45. The van der Waals surface area contributed by atoms with Crippen LogP contribution in [-0.2, 0) is 0 Å². The van der Waals surface area contributed by atoms with Crippen molar-refractivity contribution in [2.24, 2.45) is 0 Å². The van der Waals surface area contributed by atoms with Crippen molar-refractivity contribution in [3.05, 3.63) is 17.7 Å². The number of nitrogens with zero attached hydrogens (tertiary/aromatic N) is 1. The van der Waals surface area contributed by atoms with Gasteiger partial charge in [-0.1, -0.05) is 0 Å². The molecule has 3 nitrogen and oxygen atoms in total. The van der Waals surface area contributed by atoms with Gasteiger partial charge in [0, 0.05) is 24.7 Å². The molecule has 1 aliphatic carbocycles. The summed E-state index contributed by atoms with van der Waals surface area (Å²) in [4.78, 5) is 1.76. The summed E-state index contributed by atoms with van der Waals surface area (Å²) in [6.45, 7) is 0.180. The molecule has 1 saturated carbocycles. The van der Waals surface area contributed by atoms with E-state index in [1.807, 2.05) is 12.1 Å². The van der Waals surface area contributed by atoms with E-state index >= 15 is 0 Å². The number of rotatable bonds is 3. The molecule has 0 amide bonds. The zero-order chi connectivity index (χ0) is 13.6. The fraction of sp³-hybridized carbons (Fsp3) is 0.571. The summed E-state index contributed by atoms with van der Waals surface area (Å²) in [7, 11) is 1.55. The first-order chi connectivity index (χ1) is 9.00. The number of methoxy groups -OCH3 is 1. The Morgan fingerprint density at radius 3 is 2.63 bits per heavy atom. The molecular formula is C14H18F2N2O. The molecule has 2 aliphatic rings. The zero-order valence-corrected chi connectivity index (χ0v) is 11.0. The number of hydrogen-bond acceptors (Lipinski definition) is 3. The summed E-state index contributed by atoms with van der Waals surface area (Å²) in [5.74, 6) is -1.55. The molecule has 3 rings (SSSR count). The molecule has 0 bridgehead atoms. The average molecular weight is 268 g/mol. The summed E-state index contributed by atoms with van der Waals surface area (Å²) in [5.41, 5.74) is 8.47. The third-order valence-corrected chi connectivity index (χ3v) is 3.91. The van der Waals surface area contributed by atoms with Crippen molar-refractivity contribution >= 4 is 11.4 Å². The lowest BCUT2D eigenvalue weighted by molar-refractivity contribution is 0.0257. The Kier molecular flexibility index (Phi) is 2.80. The molecule has 0 aromatic heterocycles. The maximum Gasteiger partial charge on any atom is 0.266 e. The van der Waals surface area contributed by atoms with E-state index in [1.165, 1.54) is 0 Å². The van der Waals surface area contributed by atoms with Crippen LogP contribution in [0.4, 0.5) is 20.2 Å². The number of nitrogen functional groups attached to an aromatic ring is 1. The first-order valence-corrected chi connectivity index (χ1v) is 6.60. The first kappa shape index (κ1) is 12.5. The number of anilines is 2. The predicted molar refractivity (Wildman–Crippen MR) is 71.2 cm³/mol. The van der Waals surface area contributed by atoms with E-state index in [-0.39, 0.29) is 13.0 Å². The van der Waals surface area contributed by atoms with Crippen LogP contribution in [0.5, 0.6) is 5.75 Å². The molecule has 0 spiro atoms. The Morgan fingerprint density at radius 1 is 1.37 bits per heavy atom. The molecule has 1 aromatic carbocycles. The van der Waals surface area contributed by atoms with Crippen molar-refractivity contribution in [3.63, 3.8) is 0 Å². The van der Waals surface area contributed by atoms with Crippen LogP contribution in [0.3, 0.4) is 0 Å². The Labute approximate surface area is 111 Å². The summed E-state index contributed by atoms with van der Waals surface area (Å²) < 4.78 is 32.0. The topological polar surface area (TPSA) is 38.5 Å². The Hall–Kier alpha value is -1.52. The van der Waals surface area contributed by atoms with Crippen LogP contribution in [0.15, 0.2) is 12.1 Å². The maximum absolute atomic E-state index is 13.4. The first-order valence-electron chi connectivity index (χ1n) is 6.60. The summed E-state index contributed by atoms with van der Waals surface area (Å²) >= 11 is 0. The van der Waals surface area contributed by atoms with Crippen molar-refractivity contribution in [1.29, 1.82) is 0 Å². The summed E-state index contributed by atoms with van der Waals surface area (Å²) in [6.07, 6.45) is 2.15. The van der Waals surface area contributed by atoms with Gasteiger partial charge in [0.2, 0.25) is 0 Å². The fourth-order valence-electron chi connectivity index (χ4n) is 2.72. The number of halogens is 2. The smallest absolute Gasteiger partial charge is 0.266 e. The molecule has 2 N–H and O–H groups in total. The summed E-state index contributed by atoms with van der Waals surface area (Å²) in [5, 5.41) is 0. The fourth-order valence-corrected chi connectivity index (χ4v) is 2.72. The molecule has 1 saturated heterocycles. The molecular weight excluding hydrogens is 250 g/mol. The predicted octanol–water partition coefficient (Wildman–Crippen LogP) is 3.00. The number of benzene rings is 1. The minimum absolute atomic E-state index is 0.0796. The number of nitrogens with two attached hydrogens (primary N) is 1. The van der Waals surface area contributed by atoms with Gasteiger partial charge >= 0.3 is 0 Å². The van der Waals surface area contributed by atoms with Crippen LogP contribution in [-0.4, -0.2) is 26.1 Å². The Bertz CT molecular complexity index is 500. The van der Waals surface area contributed by atoms with Gasteiger partial charge in [0.25, 0.3) is 5.92 Å². The molecule has 0 unspecified atom stereocenters. The van der Waals surface area contributed by atoms with Crippen molar-refractivity contribution in [2.45, 2.75) is 31.1 Å². The van der Waals surface area contributed by atoms with E-state index in [0.29, 0.717) is 23.9 Å². The van der Waals surface area contributed by atoms with Gasteiger partial charge in [-0.2, -0.15) is 0 Å². The highest BCUT2D eigenvalue weighted by Crippen LogP contribution is 2.48. The standard InChI is InChI=1S/C14H18F2N2O/c1-19-13-7-12(18-5-4-14(15,16)8-18)10(6-11(13)17)9-2-3-9/h6-7,9H,2-5,8,17H2,1H3. The quantitative estimate of drug-likeness (QED) is 0.856. The largest absolute Gasteiger partial charge is 0.495 e. The normalized spacial score (nSPS) is 21.7. The highest BCUT2D eigenvalue weighted by Gasteiger charge is 2.40. The van der Waals surface area contributed by atoms with E-state index < -0.39 is 5.92 Å². The highest BCUT2D eigenvalue weighted by molar-refractivity contribution is 5.69. The molecule has 1 aliphatic heterocycles. The Balaban J connectivity index is 1.98. The molecule has 0 atom stereocenters. The van der Waals surface area contributed by atoms with Gasteiger partial charge in [-0.25, -0.2) is 8.78 Å². The molecule has 0 radical (unpaired) electrons. The average Bonchev–Trinajstić information content (AvgIpc) is 3.13. The molecule has 1 heterocycles. The third-order valence-electron chi connectivity index (χ3n) is 3.91. The van der Waals surface area contributed by atoms with Gasteiger partial charge in [0.05, 0.1) is 19.3 Å². The van der Waals surface area contributed by atoms with E-state index in [0.717, 1.165) is 24.1 Å². The molecule has 104 valence electrons. The van der Waals surface area contributed by atoms with Gasteiger partial charge in [-0.05, 0) is 30.4 Å². The molecule has 19 heavy (non-hydrogen) atoms. The van der Waals surface area contributed by atoms with Crippen LogP contribution in [0.25, 0.3) is 0 Å². The van der Waals surface area contributed by atoms with E-state index in [1.54, 1.807) is 12.0 Å². The third kappa shape index (κ3) is 2.33. The SMILES string of the molecule is COc1cc(N2CCC(F)(F)C2)c(C2CC2)cc1N. The number of ether oxygens (including phenoxy) is 1. The van der Waals surface area contributed by atoms with E-state index in [9.17, 15) is 8.78 Å². The lowest BCUT2D eigenvalue weighted by Gasteiger charge is -2.23. The molecule has 2 fully saturated rings. The van der Waals surface area contributed by atoms with Gasteiger partial charge in [0.1, 0.15) is 5.75 Å². The van der Waals surface area contributed by atoms with Crippen LogP contribution in [0.2, 0.25) is 0 Å². The van der Waals surface area contributed by atoms with Crippen molar-refractivity contribution in [3.8, 4) is 5.75 Å². The van der Waals surface area contributed by atoms with E-state index in [4.69, 9.17) is 10.5 Å². The van der Waals surface area contributed by atoms with Crippen molar-refractivity contribution < 1.29 is 13.5 Å². The second kappa shape index (κ2) is 4.25. The van der Waals surface area contributed by atoms with Gasteiger partial charge in [-0.3, -0.25) is 0 Å². The maximum atomic E-state index is 13.4. The van der Waals surface area contributed by atoms with Crippen molar-refractivity contribution in [1.82, 2.24) is 0 Å². The van der Waals surface area contributed by atoms with E-state index in [2.05, 4.69) is 0 Å². The summed E-state index contributed by atoms with van der Waals surface area (Å²) in [6, 6.07) is 3.70. The van der Waals surface area contributed by atoms with Gasteiger partial charge in [-0.15, -0.1) is 0 Å². The lowest BCUT2D eigenvalue weighted by atomic mass is 10.1. The van der Waals surface area contributed by atoms with Crippen LogP contribution >= 0.6 is 0 Å². The minimum atomic E-state index is -2.59. The lowest BCUT2D eigenvalue weighted by Crippen LogP contribution is -2.25. The monoisotopic (exact) mass is 268 g/mol. The van der Waals surface area contributed by atoms with Crippen LogP contribution in [0, 0.1) is 0 Å². The van der Waals surface area contributed by atoms with Crippen molar-refractivity contribution in [2.75, 3.05) is 30.8 Å². The second-order valence-corrected chi connectivity index (χ2v) is 5.45. The van der Waals surface area contributed by atoms with Crippen LogP contribution < -0.4 is 15.4 Å². The number of alkyl halides is 2. The van der Waals surface area contributed by atoms with Gasteiger partial charge in [0.15, 0.2) is 0 Å². The molecule has 1 aromatic rings. The zero-order valence-electron chi connectivity index (χ0n) is 11.0. The Morgan fingerprint density at radius 2 is 2.11 bits per heavy atom.